The zero-order chi connectivity index (χ0) is 11.1. The fraction of sp³-hybridized carbons (Fsp3) is 0.923. The molecule has 2 nitrogen and oxygen atoms in total. The van der Waals surface area contributed by atoms with Gasteiger partial charge in [-0.25, -0.2) is 0 Å². The topological polar surface area (TPSA) is 37.3 Å². The van der Waals surface area contributed by atoms with Crippen molar-refractivity contribution in [2.45, 2.75) is 64.7 Å². The largest absolute Gasteiger partial charge is 0.481 e. The van der Waals surface area contributed by atoms with Gasteiger partial charge in [0.05, 0.1) is 0 Å². The summed E-state index contributed by atoms with van der Waals surface area (Å²) in [6, 6.07) is 0. The molecule has 1 rings (SSSR count). The highest BCUT2D eigenvalue weighted by Crippen LogP contribution is 2.45. The lowest BCUT2D eigenvalue weighted by molar-refractivity contribution is -0.137. The van der Waals surface area contributed by atoms with E-state index in [-0.39, 0.29) is 0 Å². The van der Waals surface area contributed by atoms with Crippen molar-refractivity contribution in [3.8, 4) is 0 Å². The van der Waals surface area contributed by atoms with Crippen LogP contribution >= 0.6 is 0 Å². The molecule has 1 N–H and O–H groups in total. The Bertz CT molecular complexity index is 189. The molecule has 0 bridgehead atoms. The van der Waals surface area contributed by atoms with Crippen molar-refractivity contribution in [3.63, 3.8) is 0 Å². The van der Waals surface area contributed by atoms with Crippen LogP contribution in [-0.2, 0) is 4.79 Å². The number of unbranched alkanes of at least 4 members (excludes halogenated alkanes) is 3. The lowest BCUT2D eigenvalue weighted by Crippen LogP contribution is -1.94. The molecule has 0 aliphatic heterocycles. The van der Waals surface area contributed by atoms with Crippen LogP contribution in [0.25, 0.3) is 0 Å². The molecule has 2 unspecified atom stereocenters. The van der Waals surface area contributed by atoms with E-state index in [2.05, 4.69) is 6.92 Å². The average molecular weight is 212 g/mol. The lowest BCUT2D eigenvalue weighted by Gasteiger charge is -1.99. The molecule has 0 aromatic rings. The van der Waals surface area contributed by atoms with Crippen LogP contribution in [-0.4, -0.2) is 11.1 Å². The van der Waals surface area contributed by atoms with Gasteiger partial charge in [-0.3, -0.25) is 4.79 Å². The second-order valence-corrected chi connectivity index (χ2v) is 4.89. The van der Waals surface area contributed by atoms with Crippen LogP contribution in [0.4, 0.5) is 0 Å². The molecule has 1 saturated carbocycles. The molecule has 2 atom stereocenters. The third-order valence-corrected chi connectivity index (χ3v) is 3.46. The maximum absolute atomic E-state index is 10.3. The van der Waals surface area contributed by atoms with E-state index >= 15 is 0 Å². The van der Waals surface area contributed by atoms with E-state index in [0.717, 1.165) is 24.7 Å². The van der Waals surface area contributed by atoms with Gasteiger partial charge in [0.25, 0.3) is 0 Å². The van der Waals surface area contributed by atoms with Gasteiger partial charge in [-0.15, -0.1) is 0 Å². The minimum Gasteiger partial charge on any atom is -0.481 e. The van der Waals surface area contributed by atoms with E-state index in [1.807, 2.05) is 0 Å². The normalized spacial score (nSPS) is 24.1. The number of hydrogen-bond donors (Lipinski definition) is 1. The molecule has 2 heteroatoms. The van der Waals surface area contributed by atoms with Crippen LogP contribution in [0.5, 0.6) is 0 Å². The Labute approximate surface area is 93.1 Å². The molecule has 0 heterocycles. The van der Waals surface area contributed by atoms with Gasteiger partial charge in [-0.1, -0.05) is 39.0 Å². The summed E-state index contributed by atoms with van der Waals surface area (Å²) in [6.45, 7) is 2.24. The Morgan fingerprint density at radius 3 is 2.40 bits per heavy atom. The van der Waals surface area contributed by atoms with Gasteiger partial charge in [0.1, 0.15) is 0 Å². The summed E-state index contributed by atoms with van der Waals surface area (Å²) in [6.07, 6.45) is 10.6. The first-order valence-electron chi connectivity index (χ1n) is 6.45. The lowest BCUT2D eigenvalue weighted by atomic mass is 10.1. The molecule has 1 aliphatic rings. The summed E-state index contributed by atoms with van der Waals surface area (Å²) in [7, 11) is 0. The number of hydrogen-bond acceptors (Lipinski definition) is 1. The number of rotatable bonds is 9. The molecule has 15 heavy (non-hydrogen) atoms. The molecule has 0 amide bonds. The van der Waals surface area contributed by atoms with E-state index in [9.17, 15) is 4.79 Å². The third-order valence-electron chi connectivity index (χ3n) is 3.46. The van der Waals surface area contributed by atoms with Crippen LogP contribution in [0.3, 0.4) is 0 Å². The second-order valence-electron chi connectivity index (χ2n) is 4.89. The fourth-order valence-electron chi connectivity index (χ4n) is 2.37. The average Bonchev–Trinajstić information content (AvgIpc) is 2.91. The van der Waals surface area contributed by atoms with Crippen LogP contribution in [0.1, 0.15) is 64.7 Å². The monoisotopic (exact) mass is 212 g/mol. The highest BCUT2D eigenvalue weighted by molar-refractivity contribution is 5.66. The zero-order valence-electron chi connectivity index (χ0n) is 9.87. The number of carbonyl (C=O) groups is 1. The predicted octanol–water partition coefficient (Wildman–Crippen LogP) is 3.85. The van der Waals surface area contributed by atoms with Crippen LogP contribution in [0.2, 0.25) is 0 Å². The van der Waals surface area contributed by atoms with Crippen molar-refractivity contribution in [2.75, 3.05) is 0 Å². The highest BCUT2D eigenvalue weighted by atomic mass is 16.4. The first-order chi connectivity index (χ1) is 7.24. The maximum Gasteiger partial charge on any atom is 0.303 e. The predicted molar refractivity (Wildman–Crippen MR) is 61.8 cm³/mol. The molecule has 0 aromatic heterocycles. The number of carboxylic acid groups (broad SMARTS) is 1. The Balaban J connectivity index is 1.87. The maximum atomic E-state index is 10.3. The van der Waals surface area contributed by atoms with Crippen molar-refractivity contribution >= 4 is 5.97 Å². The molecule has 0 radical (unpaired) electrons. The molecular weight excluding hydrogens is 188 g/mol. The molecule has 0 aromatic carbocycles. The Hall–Kier alpha value is -0.530. The molecule has 0 saturated heterocycles. The van der Waals surface area contributed by atoms with Gasteiger partial charge >= 0.3 is 5.97 Å². The molecular formula is C13H24O2. The SMILES string of the molecule is CCCCCCC1CC1CCCC(=O)O. The standard InChI is InChI=1S/C13H24O2/c1-2-3-4-5-7-11-10-12(11)8-6-9-13(14)15/h11-12H,2-10H2,1H3,(H,14,15). The van der Waals surface area contributed by atoms with Crippen molar-refractivity contribution in [1.82, 2.24) is 0 Å². The van der Waals surface area contributed by atoms with E-state index < -0.39 is 5.97 Å². The zero-order valence-corrected chi connectivity index (χ0v) is 9.87. The van der Waals surface area contributed by atoms with E-state index in [0.29, 0.717) is 6.42 Å². The molecule has 88 valence electrons. The van der Waals surface area contributed by atoms with Gasteiger partial charge in [0.15, 0.2) is 0 Å². The van der Waals surface area contributed by atoms with Gasteiger partial charge in [-0.2, -0.15) is 0 Å². The van der Waals surface area contributed by atoms with Crippen molar-refractivity contribution in [1.29, 1.82) is 0 Å². The van der Waals surface area contributed by atoms with Crippen LogP contribution < -0.4 is 0 Å². The van der Waals surface area contributed by atoms with E-state index in [4.69, 9.17) is 5.11 Å². The number of aliphatic carboxylic acids is 1. The molecule has 0 spiro atoms. The minimum absolute atomic E-state index is 0.360. The minimum atomic E-state index is -0.643. The van der Waals surface area contributed by atoms with Gasteiger partial charge < -0.3 is 5.11 Å². The first kappa shape index (κ1) is 12.5. The summed E-state index contributed by atoms with van der Waals surface area (Å²) in [5, 5.41) is 8.51. The van der Waals surface area contributed by atoms with Crippen molar-refractivity contribution < 1.29 is 9.90 Å². The Kier molecular flexibility index (Phi) is 5.74. The van der Waals surface area contributed by atoms with Gasteiger partial charge in [0, 0.05) is 6.42 Å². The summed E-state index contributed by atoms with van der Waals surface area (Å²) in [5.41, 5.74) is 0. The molecule has 1 fully saturated rings. The van der Waals surface area contributed by atoms with Gasteiger partial charge in [-0.05, 0) is 31.1 Å². The third kappa shape index (κ3) is 5.81. The Morgan fingerprint density at radius 2 is 1.80 bits per heavy atom. The van der Waals surface area contributed by atoms with Crippen molar-refractivity contribution in [2.24, 2.45) is 11.8 Å². The first-order valence-corrected chi connectivity index (χ1v) is 6.45. The smallest absolute Gasteiger partial charge is 0.303 e. The second kappa shape index (κ2) is 6.86. The summed E-state index contributed by atoms with van der Waals surface area (Å²) in [5.74, 6) is 1.16. The van der Waals surface area contributed by atoms with Crippen LogP contribution in [0, 0.1) is 11.8 Å². The number of carboxylic acids is 1. The Morgan fingerprint density at radius 1 is 1.13 bits per heavy atom. The highest BCUT2D eigenvalue weighted by Gasteiger charge is 2.35. The van der Waals surface area contributed by atoms with Crippen LogP contribution in [0.15, 0.2) is 0 Å². The van der Waals surface area contributed by atoms with E-state index in [1.54, 1.807) is 0 Å². The molecule has 1 aliphatic carbocycles. The summed E-state index contributed by atoms with van der Waals surface area (Å²) >= 11 is 0. The summed E-state index contributed by atoms with van der Waals surface area (Å²) in [4.78, 5) is 10.3. The van der Waals surface area contributed by atoms with Crippen molar-refractivity contribution in [3.05, 3.63) is 0 Å². The quantitative estimate of drug-likeness (QED) is 0.589. The van der Waals surface area contributed by atoms with E-state index in [1.165, 1.54) is 38.5 Å². The fourth-order valence-corrected chi connectivity index (χ4v) is 2.37. The summed E-state index contributed by atoms with van der Waals surface area (Å²) < 4.78 is 0. The van der Waals surface area contributed by atoms with Gasteiger partial charge in [0.2, 0.25) is 0 Å².